The summed E-state index contributed by atoms with van der Waals surface area (Å²) in [5.74, 6) is 1.43. The van der Waals surface area contributed by atoms with Crippen molar-refractivity contribution in [2.24, 2.45) is 13.0 Å². The quantitative estimate of drug-likeness (QED) is 0.888. The first-order valence-corrected chi connectivity index (χ1v) is 7.32. The maximum Gasteiger partial charge on any atom is 0.0694 e. The fraction of sp³-hybridized carbons (Fsp3) is 0.800. The summed E-state index contributed by atoms with van der Waals surface area (Å²) in [7, 11) is 2.01. The topological polar surface area (TPSA) is 29.9 Å². The molecule has 1 fully saturated rings. The van der Waals surface area contributed by atoms with Gasteiger partial charge in [-0.2, -0.15) is 5.10 Å². The van der Waals surface area contributed by atoms with E-state index in [1.807, 2.05) is 11.7 Å². The monoisotopic (exact) mass is 249 g/mol. The van der Waals surface area contributed by atoms with Gasteiger partial charge in [-0.15, -0.1) is 0 Å². The van der Waals surface area contributed by atoms with Crippen LogP contribution in [0.2, 0.25) is 0 Å². The highest BCUT2D eigenvalue weighted by atomic mass is 15.3. The number of nitrogens with zero attached hydrogens (tertiary/aromatic N) is 2. The van der Waals surface area contributed by atoms with Crippen molar-refractivity contribution < 1.29 is 0 Å². The maximum absolute atomic E-state index is 4.56. The van der Waals surface area contributed by atoms with Crippen molar-refractivity contribution in [3.05, 3.63) is 17.5 Å². The van der Waals surface area contributed by atoms with Crippen molar-refractivity contribution in [1.82, 2.24) is 15.1 Å². The molecule has 3 heteroatoms. The zero-order valence-corrected chi connectivity index (χ0v) is 12.2. The molecule has 0 aliphatic heterocycles. The van der Waals surface area contributed by atoms with E-state index in [0.29, 0.717) is 12.0 Å². The van der Waals surface area contributed by atoms with E-state index in [9.17, 15) is 0 Å². The highest BCUT2D eigenvalue weighted by molar-refractivity contribution is 5.20. The van der Waals surface area contributed by atoms with Crippen LogP contribution in [0.25, 0.3) is 0 Å². The van der Waals surface area contributed by atoms with E-state index in [-0.39, 0.29) is 0 Å². The maximum atomic E-state index is 4.56. The predicted octanol–water partition coefficient (Wildman–Crippen LogP) is 3.21. The van der Waals surface area contributed by atoms with Crippen LogP contribution in [0.5, 0.6) is 0 Å². The van der Waals surface area contributed by atoms with Crippen molar-refractivity contribution in [1.29, 1.82) is 0 Å². The summed E-state index contributed by atoms with van der Waals surface area (Å²) < 4.78 is 1.94. The molecule has 0 unspecified atom stereocenters. The number of hydrogen-bond donors (Lipinski definition) is 1. The van der Waals surface area contributed by atoms with E-state index >= 15 is 0 Å². The van der Waals surface area contributed by atoms with Crippen molar-refractivity contribution in [2.45, 2.75) is 65.0 Å². The second-order valence-corrected chi connectivity index (χ2v) is 6.21. The lowest BCUT2D eigenvalue weighted by molar-refractivity contribution is 0.306. The van der Waals surface area contributed by atoms with Crippen LogP contribution in [0.4, 0.5) is 0 Å². The summed E-state index contributed by atoms with van der Waals surface area (Å²) in [6.07, 6.45) is 7.58. The van der Waals surface area contributed by atoms with Crippen molar-refractivity contribution >= 4 is 0 Å². The van der Waals surface area contributed by atoms with Crippen LogP contribution in [0.15, 0.2) is 6.20 Å². The lowest BCUT2D eigenvalue weighted by atomic mass is 9.87. The zero-order chi connectivity index (χ0) is 13.1. The third kappa shape index (κ3) is 3.35. The summed E-state index contributed by atoms with van der Waals surface area (Å²) in [6.45, 7) is 7.77. The first-order chi connectivity index (χ1) is 8.56. The first kappa shape index (κ1) is 13.6. The summed E-state index contributed by atoms with van der Waals surface area (Å²) in [5, 5.41) is 8.28. The van der Waals surface area contributed by atoms with E-state index in [1.165, 1.54) is 36.9 Å². The largest absolute Gasteiger partial charge is 0.310 e. The normalized spacial score (nSPS) is 24.7. The molecule has 2 rings (SSSR count). The Morgan fingerprint density at radius 2 is 2.00 bits per heavy atom. The Kier molecular flexibility index (Phi) is 4.44. The van der Waals surface area contributed by atoms with Gasteiger partial charge in [0, 0.05) is 31.4 Å². The number of nitrogens with one attached hydrogen (secondary N) is 1. The van der Waals surface area contributed by atoms with Crippen molar-refractivity contribution in [3.8, 4) is 0 Å². The summed E-state index contributed by atoms with van der Waals surface area (Å²) >= 11 is 0. The molecule has 3 nitrogen and oxygen atoms in total. The van der Waals surface area contributed by atoms with Crippen LogP contribution >= 0.6 is 0 Å². The first-order valence-electron chi connectivity index (χ1n) is 7.32. The molecule has 0 radical (unpaired) electrons. The predicted molar refractivity (Wildman–Crippen MR) is 75.6 cm³/mol. The molecule has 1 saturated carbocycles. The second-order valence-electron chi connectivity index (χ2n) is 6.21. The van der Waals surface area contributed by atoms with Gasteiger partial charge in [0.1, 0.15) is 0 Å². The van der Waals surface area contributed by atoms with E-state index in [2.05, 4.69) is 37.4 Å². The molecular weight excluding hydrogens is 222 g/mol. The molecule has 18 heavy (non-hydrogen) atoms. The lowest BCUT2D eigenvalue weighted by Gasteiger charge is -2.27. The highest BCUT2D eigenvalue weighted by Gasteiger charge is 2.18. The molecule has 1 aromatic rings. The average molecular weight is 249 g/mol. The van der Waals surface area contributed by atoms with Gasteiger partial charge in [-0.05, 0) is 37.5 Å². The molecule has 1 heterocycles. The Bertz CT molecular complexity index is 373. The fourth-order valence-corrected chi connectivity index (χ4v) is 2.90. The van der Waals surface area contributed by atoms with Crippen LogP contribution in [0.3, 0.4) is 0 Å². The average Bonchev–Trinajstić information content (AvgIpc) is 2.70. The van der Waals surface area contributed by atoms with Gasteiger partial charge in [0.25, 0.3) is 0 Å². The van der Waals surface area contributed by atoms with Crippen LogP contribution in [0, 0.1) is 5.92 Å². The molecule has 0 saturated heterocycles. The van der Waals surface area contributed by atoms with Gasteiger partial charge in [0.05, 0.1) is 5.69 Å². The Labute approximate surface area is 111 Å². The molecule has 0 spiro atoms. The molecule has 0 aromatic carbocycles. The van der Waals surface area contributed by atoms with Crippen LogP contribution in [-0.4, -0.2) is 15.8 Å². The molecule has 0 bridgehead atoms. The molecule has 102 valence electrons. The standard InChI is InChI=1S/C15H27N3/c1-11(2)15-13(10-18(4)17-15)9-16-14-7-5-12(3)6-8-14/h10-12,14,16H,5-9H2,1-4H3. The van der Waals surface area contributed by atoms with Crippen LogP contribution in [0.1, 0.15) is 63.6 Å². The molecular formula is C15H27N3. The Balaban J connectivity index is 1.90. The van der Waals surface area contributed by atoms with Crippen molar-refractivity contribution in [3.63, 3.8) is 0 Å². The van der Waals surface area contributed by atoms with Crippen LogP contribution < -0.4 is 5.32 Å². The van der Waals surface area contributed by atoms with Gasteiger partial charge in [0.15, 0.2) is 0 Å². The Hall–Kier alpha value is -0.830. The number of hydrogen-bond acceptors (Lipinski definition) is 2. The minimum absolute atomic E-state index is 0.509. The highest BCUT2D eigenvalue weighted by Crippen LogP contribution is 2.24. The van der Waals surface area contributed by atoms with E-state index < -0.39 is 0 Å². The molecule has 1 N–H and O–H groups in total. The fourth-order valence-electron chi connectivity index (χ4n) is 2.90. The minimum atomic E-state index is 0.509. The zero-order valence-electron chi connectivity index (χ0n) is 12.2. The van der Waals surface area contributed by atoms with Gasteiger partial charge >= 0.3 is 0 Å². The molecule has 0 atom stereocenters. The number of rotatable bonds is 4. The Morgan fingerprint density at radius 1 is 1.33 bits per heavy atom. The van der Waals surface area contributed by atoms with E-state index in [0.717, 1.165) is 12.5 Å². The third-order valence-corrected chi connectivity index (χ3v) is 4.08. The SMILES string of the molecule is CC1CCC(NCc2cn(C)nc2C(C)C)CC1. The molecule has 1 aromatic heterocycles. The van der Waals surface area contributed by atoms with Gasteiger partial charge in [-0.3, -0.25) is 4.68 Å². The lowest BCUT2D eigenvalue weighted by Crippen LogP contribution is -2.32. The van der Waals surface area contributed by atoms with Crippen molar-refractivity contribution in [2.75, 3.05) is 0 Å². The van der Waals surface area contributed by atoms with Gasteiger partial charge in [-0.1, -0.05) is 20.8 Å². The van der Waals surface area contributed by atoms with Crippen LogP contribution in [-0.2, 0) is 13.6 Å². The van der Waals surface area contributed by atoms with Gasteiger partial charge < -0.3 is 5.32 Å². The summed E-state index contributed by atoms with van der Waals surface area (Å²) in [6, 6.07) is 0.710. The smallest absolute Gasteiger partial charge is 0.0694 e. The third-order valence-electron chi connectivity index (χ3n) is 4.08. The summed E-state index contributed by atoms with van der Waals surface area (Å²) in [4.78, 5) is 0. The van der Waals surface area contributed by atoms with E-state index in [1.54, 1.807) is 0 Å². The number of aromatic nitrogens is 2. The minimum Gasteiger partial charge on any atom is -0.310 e. The molecule has 0 amide bonds. The second kappa shape index (κ2) is 5.87. The van der Waals surface area contributed by atoms with Gasteiger partial charge in [-0.25, -0.2) is 0 Å². The Morgan fingerprint density at radius 3 is 2.61 bits per heavy atom. The molecule has 1 aliphatic rings. The summed E-state index contributed by atoms with van der Waals surface area (Å²) in [5.41, 5.74) is 2.61. The number of aryl methyl sites for hydroxylation is 1. The van der Waals surface area contributed by atoms with Gasteiger partial charge in [0.2, 0.25) is 0 Å². The molecule has 1 aliphatic carbocycles. The van der Waals surface area contributed by atoms with E-state index in [4.69, 9.17) is 0 Å².